The Morgan fingerprint density at radius 3 is 2.86 bits per heavy atom. The molecule has 0 fully saturated rings. The zero-order valence-corrected chi connectivity index (χ0v) is 12.8. The van der Waals surface area contributed by atoms with Gasteiger partial charge in [-0.05, 0) is 46.0 Å². The van der Waals surface area contributed by atoms with E-state index in [4.69, 9.17) is 0 Å². The summed E-state index contributed by atoms with van der Waals surface area (Å²) in [6, 6.07) is 0. The van der Waals surface area contributed by atoms with E-state index in [-0.39, 0.29) is 17.9 Å². The minimum absolute atomic E-state index is 0.0908. The van der Waals surface area contributed by atoms with Crippen molar-refractivity contribution in [3.63, 3.8) is 0 Å². The van der Waals surface area contributed by atoms with Gasteiger partial charge < -0.3 is 10.3 Å². The summed E-state index contributed by atoms with van der Waals surface area (Å²) in [5.74, 6) is 0.455. The largest absolute Gasteiger partial charge is 0.355 e. The molecule has 0 saturated carbocycles. The lowest BCUT2D eigenvalue weighted by Gasteiger charge is -2.13. The summed E-state index contributed by atoms with van der Waals surface area (Å²) in [5, 5.41) is 2.89. The fourth-order valence-corrected chi connectivity index (χ4v) is 2.68. The Morgan fingerprint density at radius 1 is 1.38 bits per heavy atom. The van der Waals surface area contributed by atoms with E-state index >= 15 is 0 Å². The van der Waals surface area contributed by atoms with Crippen molar-refractivity contribution >= 4 is 5.91 Å². The summed E-state index contributed by atoms with van der Waals surface area (Å²) in [4.78, 5) is 30.6. The molecule has 114 valence electrons. The summed E-state index contributed by atoms with van der Waals surface area (Å²) in [6.45, 7) is 4.13. The van der Waals surface area contributed by atoms with Crippen LogP contribution in [0.4, 0.5) is 0 Å². The van der Waals surface area contributed by atoms with Gasteiger partial charge in [-0.1, -0.05) is 11.6 Å². The molecular formula is C16H23N3O2. The van der Waals surface area contributed by atoms with Crippen molar-refractivity contribution in [2.45, 2.75) is 52.4 Å². The van der Waals surface area contributed by atoms with Gasteiger partial charge >= 0.3 is 0 Å². The van der Waals surface area contributed by atoms with Crippen molar-refractivity contribution in [3.05, 3.63) is 39.1 Å². The molecule has 21 heavy (non-hydrogen) atoms. The van der Waals surface area contributed by atoms with Crippen molar-refractivity contribution in [2.24, 2.45) is 0 Å². The Morgan fingerprint density at radius 2 is 2.19 bits per heavy atom. The topological polar surface area (TPSA) is 74.8 Å². The predicted octanol–water partition coefficient (Wildman–Crippen LogP) is 1.94. The van der Waals surface area contributed by atoms with E-state index in [2.05, 4.69) is 21.4 Å². The van der Waals surface area contributed by atoms with Crippen LogP contribution in [0.1, 0.15) is 49.2 Å². The van der Waals surface area contributed by atoms with Crippen molar-refractivity contribution < 1.29 is 4.79 Å². The summed E-state index contributed by atoms with van der Waals surface area (Å²) in [5.41, 5.74) is 2.30. The van der Waals surface area contributed by atoms with Crippen molar-refractivity contribution in [3.8, 4) is 0 Å². The molecule has 1 aromatic rings. The van der Waals surface area contributed by atoms with Gasteiger partial charge in [0.05, 0.1) is 6.42 Å². The van der Waals surface area contributed by atoms with Crippen LogP contribution in [0, 0.1) is 13.8 Å². The number of nitrogens with zero attached hydrogens (tertiary/aromatic N) is 1. The first-order chi connectivity index (χ1) is 10.1. The highest BCUT2D eigenvalue weighted by Gasteiger charge is 2.11. The van der Waals surface area contributed by atoms with E-state index < -0.39 is 0 Å². The lowest BCUT2D eigenvalue weighted by molar-refractivity contribution is -0.120. The summed E-state index contributed by atoms with van der Waals surface area (Å²) in [6.07, 6.45) is 8.13. The molecule has 0 spiro atoms. The molecule has 0 unspecified atom stereocenters. The van der Waals surface area contributed by atoms with Crippen LogP contribution in [-0.4, -0.2) is 22.4 Å². The Labute approximate surface area is 124 Å². The standard InChI is InChI=1S/C16H23N3O2/c1-11-14(16(21)19-12(2)18-11)10-15(20)17-9-8-13-6-4-3-5-7-13/h6H,3-5,7-10H2,1-2H3,(H,17,20)(H,18,19,21). The third-order valence-electron chi connectivity index (χ3n) is 3.83. The van der Waals surface area contributed by atoms with Gasteiger partial charge in [-0.2, -0.15) is 0 Å². The quantitative estimate of drug-likeness (QED) is 0.813. The number of aryl methyl sites for hydroxylation is 2. The van der Waals surface area contributed by atoms with Crippen LogP contribution >= 0.6 is 0 Å². The van der Waals surface area contributed by atoms with Crippen LogP contribution in [0.3, 0.4) is 0 Å². The van der Waals surface area contributed by atoms with Crippen LogP contribution in [0.25, 0.3) is 0 Å². The molecule has 2 N–H and O–H groups in total. The number of aromatic amines is 1. The lowest BCUT2D eigenvalue weighted by atomic mass is 9.97. The fraction of sp³-hybridized carbons (Fsp3) is 0.562. The number of hydrogen-bond acceptors (Lipinski definition) is 3. The molecular weight excluding hydrogens is 266 g/mol. The number of amides is 1. The highest BCUT2D eigenvalue weighted by molar-refractivity contribution is 5.78. The average Bonchev–Trinajstić information content (AvgIpc) is 2.44. The molecule has 1 heterocycles. The Hall–Kier alpha value is -1.91. The fourth-order valence-electron chi connectivity index (χ4n) is 2.68. The van der Waals surface area contributed by atoms with Gasteiger partial charge in [0.15, 0.2) is 0 Å². The maximum Gasteiger partial charge on any atom is 0.254 e. The third-order valence-corrected chi connectivity index (χ3v) is 3.83. The van der Waals surface area contributed by atoms with E-state index in [1.807, 2.05) is 0 Å². The van der Waals surface area contributed by atoms with Crippen LogP contribution < -0.4 is 10.9 Å². The first-order valence-corrected chi connectivity index (χ1v) is 7.57. The zero-order chi connectivity index (χ0) is 15.2. The SMILES string of the molecule is Cc1nc(C)c(CC(=O)NCCC2=CCCCC2)c(=O)[nH]1. The Balaban J connectivity index is 1.85. The molecule has 1 aliphatic carbocycles. The minimum atomic E-state index is -0.217. The molecule has 0 bridgehead atoms. The number of aromatic nitrogens is 2. The lowest BCUT2D eigenvalue weighted by Crippen LogP contribution is -2.30. The Bertz CT molecular complexity index is 602. The predicted molar refractivity (Wildman–Crippen MR) is 82.2 cm³/mol. The second kappa shape index (κ2) is 7.20. The maximum absolute atomic E-state index is 11.9. The maximum atomic E-state index is 11.9. The molecule has 1 amide bonds. The van der Waals surface area contributed by atoms with Gasteiger partial charge in [0, 0.05) is 17.8 Å². The van der Waals surface area contributed by atoms with Crippen LogP contribution in [0.5, 0.6) is 0 Å². The molecule has 5 heteroatoms. The smallest absolute Gasteiger partial charge is 0.254 e. The monoisotopic (exact) mass is 289 g/mol. The molecule has 1 aromatic heterocycles. The van der Waals surface area contributed by atoms with E-state index in [0.717, 1.165) is 19.3 Å². The first kappa shape index (κ1) is 15.5. The normalized spacial score (nSPS) is 14.7. The van der Waals surface area contributed by atoms with Crippen molar-refractivity contribution in [1.29, 1.82) is 0 Å². The molecule has 2 rings (SSSR count). The number of hydrogen-bond donors (Lipinski definition) is 2. The molecule has 0 saturated heterocycles. The number of carbonyl (C=O) groups excluding carboxylic acids is 1. The summed E-state index contributed by atoms with van der Waals surface area (Å²) < 4.78 is 0. The van der Waals surface area contributed by atoms with Gasteiger partial charge in [-0.15, -0.1) is 0 Å². The minimum Gasteiger partial charge on any atom is -0.355 e. The number of carbonyl (C=O) groups is 1. The first-order valence-electron chi connectivity index (χ1n) is 7.57. The molecule has 0 radical (unpaired) electrons. The molecule has 5 nitrogen and oxygen atoms in total. The second-order valence-electron chi connectivity index (χ2n) is 5.60. The van der Waals surface area contributed by atoms with Crippen LogP contribution in [0.15, 0.2) is 16.4 Å². The van der Waals surface area contributed by atoms with Crippen LogP contribution in [-0.2, 0) is 11.2 Å². The van der Waals surface area contributed by atoms with Gasteiger partial charge in [0.1, 0.15) is 5.82 Å². The second-order valence-corrected chi connectivity index (χ2v) is 5.60. The van der Waals surface area contributed by atoms with Gasteiger partial charge in [-0.25, -0.2) is 4.98 Å². The van der Waals surface area contributed by atoms with Crippen molar-refractivity contribution in [1.82, 2.24) is 15.3 Å². The van der Waals surface area contributed by atoms with Crippen LogP contribution in [0.2, 0.25) is 0 Å². The average molecular weight is 289 g/mol. The number of nitrogens with one attached hydrogen (secondary N) is 2. The number of H-pyrrole nitrogens is 1. The number of allylic oxidation sites excluding steroid dienone is 1. The number of rotatable bonds is 5. The van der Waals surface area contributed by atoms with E-state index in [0.29, 0.717) is 23.6 Å². The summed E-state index contributed by atoms with van der Waals surface area (Å²) >= 11 is 0. The highest BCUT2D eigenvalue weighted by Crippen LogP contribution is 2.19. The van der Waals surface area contributed by atoms with Gasteiger partial charge in [0.25, 0.3) is 5.56 Å². The van der Waals surface area contributed by atoms with E-state index in [1.165, 1.54) is 18.4 Å². The molecule has 0 atom stereocenters. The van der Waals surface area contributed by atoms with E-state index in [9.17, 15) is 9.59 Å². The molecule has 0 aliphatic heterocycles. The Kier molecular flexibility index (Phi) is 5.31. The third kappa shape index (κ3) is 4.55. The molecule has 1 aliphatic rings. The van der Waals surface area contributed by atoms with Gasteiger partial charge in [-0.3, -0.25) is 9.59 Å². The van der Waals surface area contributed by atoms with Crippen molar-refractivity contribution in [2.75, 3.05) is 6.54 Å². The zero-order valence-electron chi connectivity index (χ0n) is 12.8. The molecule has 0 aromatic carbocycles. The van der Waals surface area contributed by atoms with E-state index in [1.54, 1.807) is 13.8 Å². The van der Waals surface area contributed by atoms with Gasteiger partial charge in [0.2, 0.25) is 5.91 Å². The summed E-state index contributed by atoms with van der Waals surface area (Å²) in [7, 11) is 0. The highest BCUT2D eigenvalue weighted by atomic mass is 16.2.